The maximum absolute atomic E-state index is 5.92. The van der Waals surface area contributed by atoms with Crippen molar-refractivity contribution in [2.45, 2.75) is 26.3 Å². The quantitative estimate of drug-likeness (QED) is 0.807. The van der Waals surface area contributed by atoms with Crippen molar-refractivity contribution >= 4 is 11.5 Å². The van der Waals surface area contributed by atoms with Crippen molar-refractivity contribution in [2.24, 2.45) is 0 Å². The number of nitrogen functional groups attached to an aromatic ring is 1. The molecular weight excluding hydrogens is 224 g/mol. The van der Waals surface area contributed by atoms with Gasteiger partial charge in [-0.05, 0) is 31.4 Å². The first-order chi connectivity index (χ1) is 8.66. The van der Waals surface area contributed by atoms with Crippen LogP contribution in [0.1, 0.15) is 29.2 Å². The smallest absolute Gasteiger partial charge is 0.148 e. The summed E-state index contributed by atoms with van der Waals surface area (Å²) in [6.07, 6.45) is 2.77. The van der Waals surface area contributed by atoms with Crippen molar-refractivity contribution in [2.75, 3.05) is 17.6 Å². The molecule has 0 aliphatic carbocycles. The third kappa shape index (κ3) is 1.65. The van der Waals surface area contributed by atoms with Crippen LogP contribution in [0.25, 0.3) is 0 Å². The van der Waals surface area contributed by atoms with Crippen LogP contribution in [0.3, 0.4) is 0 Å². The average Bonchev–Trinajstić information content (AvgIpc) is 2.72. The summed E-state index contributed by atoms with van der Waals surface area (Å²) in [6.45, 7) is 5.22. The molecule has 1 aliphatic rings. The SMILES string of the molecule is Cc1ccc(C2CCNc3c(N)cnn32)c(C)c1. The van der Waals surface area contributed by atoms with Crippen LogP contribution in [0, 0.1) is 13.8 Å². The summed E-state index contributed by atoms with van der Waals surface area (Å²) in [6, 6.07) is 6.89. The van der Waals surface area contributed by atoms with Gasteiger partial charge in [0.2, 0.25) is 0 Å². The molecule has 0 amide bonds. The lowest BCUT2D eigenvalue weighted by Crippen LogP contribution is -2.25. The van der Waals surface area contributed by atoms with Gasteiger partial charge in [0, 0.05) is 6.54 Å². The molecule has 1 aromatic carbocycles. The zero-order valence-electron chi connectivity index (χ0n) is 10.8. The maximum atomic E-state index is 5.92. The third-order valence-corrected chi connectivity index (χ3v) is 3.61. The summed E-state index contributed by atoms with van der Waals surface area (Å²) in [4.78, 5) is 0. The molecule has 1 unspecified atom stereocenters. The molecule has 1 aromatic heterocycles. The van der Waals surface area contributed by atoms with E-state index in [-0.39, 0.29) is 0 Å². The number of nitrogens with one attached hydrogen (secondary N) is 1. The van der Waals surface area contributed by atoms with Crippen LogP contribution in [0.4, 0.5) is 11.5 Å². The topological polar surface area (TPSA) is 55.9 Å². The lowest BCUT2D eigenvalue weighted by atomic mass is 9.96. The molecule has 0 spiro atoms. The van der Waals surface area contributed by atoms with Gasteiger partial charge in [-0.25, -0.2) is 4.68 Å². The van der Waals surface area contributed by atoms with E-state index in [9.17, 15) is 0 Å². The Balaban J connectivity index is 2.08. The van der Waals surface area contributed by atoms with Gasteiger partial charge in [-0.15, -0.1) is 0 Å². The highest BCUT2D eigenvalue weighted by molar-refractivity contribution is 5.62. The van der Waals surface area contributed by atoms with Gasteiger partial charge in [0.15, 0.2) is 0 Å². The standard InChI is InChI=1S/C14H18N4/c1-9-3-4-11(10(2)7-9)13-5-6-16-14-12(15)8-17-18(13)14/h3-4,7-8,13,16H,5-6,15H2,1-2H3. The molecular formula is C14H18N4. The second kappa shape index (κ2) is 4.05. The Kier molecular flexibility index (Phi) is 2.51. The van der Waals surface area contributed by atoms with Crippen LogP contribution in [0.15, 0.2) is 24.4 Å². The molecule has 0 fully saturated rings. The first-order valence-electron chi connectivity index (χ1n) is 6.31. The maximum Gasteiger partial charge on any atom is 0.148 e. The van der Waals surface area contributed by atoms with E-state index in [0.29, 0.717) is 6.04 Å². The molecule has 0 saturated carbocycles. The van der Waals surface area contributed by atoms with Gasteiger partial charge in [-0.2, -0.15) is 5.10 Å². The second-order valence-corrected chi connectivity index (χ2v) is 4.98. The van der Waals surface area contributed by atoms with Gasteiger partial charge in [-0.3, -0.25) is 0 Å². The molecule has 4 nitrogen and oxygen atoms in total. The van der Waals surface area contributed by atoms with Crippen molar-refractivity contribution in [1.29, 1.82) is 0 Å². The lowest BCUT2D eigenvalue weighted by Gasteiger charge is -2.27. The number of aromatic nitrogens is 2. The van der Waals surface area contributed by atoms with E-state index in [0.717, 1.165) is 24.5 Å². The molecule has 18 heavy (non-hydrogen) atoms. The monoisotopic (exact) mass is 242 g/mol. The fourth-order valence-electron chi connectivity index (χ4n) is 2.73. The number of aryl methyl sites for hydroxylation is 2. The number of benzene rings is 1. The largest absolute Gasteiger partial charge is 0.394 e. The van der Waals surface area contributed by atoms with Crippen molar-refractivity contribution in [1.82, 2.24) is 9.78 Å². The molecule has 0 saturated heterocycles. The van der Waals surface area contributed by atoms with Crippen molar-refractivity contribution in [3.05, 3.63) is 41.1 Å². The lowest BCUT2D eigenvalue weighted by molar-refractivity contribution is 0.480. The van der Waals surface area contributed by atoms with Gasteiger partial charge in [0.25, 0.3) is 0 Å². The van der Waals surface area contributed by atoms with E-state index in [1.165, 1.54) is 16.7 Å². The van der Waals surface area contributed by atoms with Crippen LogP contribution in [0.5, 0.6) is 0 Å². The zero-order valence-corrected chi connectivity index (χ0v) is 10.8. The number of rotatable bonds is 1. The molecule has 1 atom stereocenters. The van der Waals surface area contributed by atoms with E-state index >= 15 is 0 Å². The molecule has 2 aromatic rings. The van der Waals surface area contributed by atoms with E-state index in [4.69, 9.17) is 5.73 Å². The molecule has 0 radical (unpaired) electrons. The van der Waals surface area contributed by atoms with Crippen LogP contribution in [0.2, 0.25) is 0 Å². The Morgan fingerprint density at radius 1 is 1.39 bits per heavy atom. The molecule has 1 aliphatic heterocycles. The number of nitrogens with two attached hydrogens (primary N) is 1. The van der Waals surface area contributed by atoms with E-state index in [1.807, 2.05) is 4.68 Å². The van der Waals surface area contributed by atoms with Crippen LogP contribution in [-0.2, 0) is 0 Å². The Morgan fingerprint density at radius 2 is 2.22 bits per heavy atom. The Hall–Kier alpha value is -1.97. The molecule has 2 heterocycles. The fourth-order valence-corrected chi connectivity index (χ4v) is 2.73. The van der Waals surface area contributed by atoms with Crippen molar-refractivity contribution < 1.29 is 0 Å². The van der Waals surface area contributed by atoms with Gasteiger partial charge < -0.3 is 11.1 Å². The number of fused-ring (bicyclic) bond motifs is 1. The summed E-state index contributed by atoms with van der Waals surface area (Å²) in [5.41, 5.74) is 10.6. The predicted molar refractivity (Wildman–Crippen MR) is 73.8 cm³/mol. The normalized spacial score (nSPS) is 18.2. The molecule has 3 N–H and O–H groups in total. The van der Waals surface area contributed by atoms with Crippen LogP contribution in [-0.4, -0.2) is 16.3 Å². The summed E-state index contributed by atoms with van der Waals surface area (Å²) >= 11 is 0. The average molecular weight is 242 g/mol. The Morgan fingerprint density at radius 3 is 3.00 bits per heavy atom. The summed E-state index contributed by atoms with van der Waals surface area (Å²) < 4.78 is 2.01. The van der Waals surface area contributed by atoms with Gasteiger partial charge in [0.1, 0.15) is 5.82 Å². The summed E-state index contributed by atoms with van der Waals surface area (Å²) in [7, 11) is 0. The first-order valence-corrected chi connectivity index (χ1v) is 6.31. The number of hydrogen-bond acceptors (Lipinski definition) is 3. The highest BCUT2D eigenvalue weighted by atomic mass is 15.4. The fraction of sp³-hybridized carbons (Fsp3) is 0.357. The van der Waals surface area contributed by atoms with E-state index in [1.54, 1.807) is 6.20 Å². The minimum absolute atomic E-state index is 0.291. The minimum Gasteiger partial charge on any atom is -0.394 e. The Labute approximate surface area is 107 Å². The predicted octanol–water partition coefficient (Wildman–Crippen LogP) is 2.49. The second-order valence-electron chi connectivity index (χ2n) is 4.98. The van der Waals surface area contributed by atoms with Crippen molar-refractivity contribution in [3.63, 3.8) is 0 Å². The third-order valence-electron chi connectivity index (χ3n) is 3.61. The zero-order chi connectivity index (χ0) is 12.7. The van der Waals surface area contributed by atoms with E-state index < -0.39 is 0 Å². The summed E-state index contributed by atoms with van der Waals surface area (Å²) in [5.74, 6) is 0.950. The highest BCUT2D eigenvalue weighted by Crippen LogP contribution is 2.33. The van der Waals surface area contributed by atoms with Crippen molar-refractivity contribution in [3.8, 4) is 0 Å². The first kappa shape index (κ1) is 11.1. The highest BCUT2D eigenvalue weighted by Gasteiger charge is 2.24. The summed E-state index contributed by atoms with van der Waals surface area (Å²) in [5, 5.41) is 7.72. The van der Waals surface area contributed by atoms with Gasteiger partial charge in [0.05, 0.1) is 17.9 Å². The molecule has 3 rings (SSSR count). The minimum atomic E-state index is 0.291. The Bertz CT molecular complexity index is 585. The van der Waals surface area contributed by atoms with Crippen LogP contribution < -0.4 is 11.1 Å². The molecule has 4 heteroatoms. The number of nitrogens with zero attached hydrogens (tertiary/aromatic N) is 2. The van der Waals surface area contributed by atoms with Crippen LogP contribution >= 0.6 is 0 Å². The molecule has 0 bridgehead atoms. The van der Waals surface area contributed by atoms with Gasteiger partial charge in [-0.1, -0.05) is 23.8 Å². The van der Waals surface area contributed by atoms with Gasteiger partial charge >= 0.3 is 0 Å². The van der Waals surface area contributed by atoms with E-state index in [2.05, 4.69) is 42.5 Å². The number of anilines is 2. The number of hydrogen-bond donors (Lipinski definition) is 2. The molecule has 94 valence electrons.